The summed E-state index contributed by atoms with van der Waals surface area (Å²) in [6, 6.07) is 14.6. The van der Waals surface area contributed by atoms with Crippen LogP contribution in [0.5, 0.6) is 5.75 Å². The SMILES string of the molecule is N#Cc1cccc(/C=C2\COc3ccc(Br)cc3C2=O)c1. The van der Waals surface area contributed by atoms with Crippen molar-refractivity contribution in [3.8, 4) is 11.8 Å². The van der Waals surface area contributed by atoms with Crippen molar-refractivity contribution in [3.05, 3.63) is 69.2 Å². The molecule has 3 nitrogen and oxygen atoms in total. The molecule has 0 atom stereocenters. The van der Waals surface area contributed by atoms with Crippen LogP contribution in [-0.4, -0.2) is 12.4 Å². The maximum absolute atomic E-state index is 12.5. The van der Waals surface area contributed by atoms with Crippen molar-refractivity contribution in [1.82, 2.24) is 0 Å². The van der Waals surface area contributed by atoms with Gasteiger partial charge in [-0.05, 0) is 42.0 Å². The van der Waals surface area contributed by atoms with Gasteiger partial charge in [0.25, 0.3) is 0 Å². The van der Waals surface area contributed by atoms with E-state index in [0.29, 0.717) is 22.4 Å². The lowest BCUT2D eigenvalue weighted by Gasteiger charge is -2.19. The number of nitriles is 1. The topological polar surface area (TPSA) is 50.1 Å². The number of fused-ring (bicyclic) bond motifs is 1. The molecule has 0 spiro atoms. The van der Waals surface area contributed by atoms with E-state index in [0.717, 1.165) is 10.0 Å². The zero-order valence-electron chi connectivity index (χ0n) is 11.0. The minimum atomic E-state index is -0.0417. The molecule has 3 rings (SSSR count). The Hall–Kier alpha value is -2.38. The van der Waals surface area contributed by atoms with Crippen molar-refractivity contribution in [2.75, 3.05) is 6.61 Å². The second-order valence-corrected chi connectivity index (χ2v) is 5.58. The third kappa shape index (κ3) is 2.74. The number of ketones is 1. The largest absolute Gasteiger partial charge is 0.488 e. The number of nitrogens with zero attached hydrogens (tertiary/aromatic N) is 1. The Kier molecular flexibility index (Phi) is 3.59. The van der Waals surface area contributed by atoms with E-state index >= 15 is 0 Å². The van der Waals surface area contributed by atoms with E-state index in [9.17, 15) is 4.79 Å². The molecule has 1 aliphatic heterocycles. The standard InChI is InChI=1S/C17H10BrNO2/c18-14-4-5-16-15(8-14)17(20)13(10-21-16)7-11-2-1-3-12(6-11)9-19/h1-8H,10H2/b13-7+. The maximum atomic E-state index is 12.5. The van der Waals surface area contributed by atoms with Crippen LogP contribution in [0, 0.1) is 11.3 Å². The average molecular weight is 340 g/mol. The molecule has 0 radical (unpaired) electrons. The summed E-state index contributed by atoms with van der Waals surface area (Å²) in [5.41, 5.74) is 2.52. The molecule has 0 saturated carbocycles. The van der Waals surface area contributed by atoms with Gasteiger partial charge in [0.1, 0.15) is 12.4 Å². The number of hydrogen-bond acceptors (Lipinski definition) is 3. The van der Waals surface area contributed by atoms with E-state index in [1.54, 1.807) is 36.4 Å². The van der Waals surface area contributed by atoms with Crippen LogP contribution >= 0.6 is 15.9 Å². The van der Waals surface area contributed by atoms with Gasteiger partial charge in [0, 0.05) is 10.0 Å². The lowest BCUT2D eigenvalue weighted by atomic mass is 9.98. The van der Waals surface area contributed by atoms with Gasteiger partial charge >= 0.3 is 0 Å². The highest BCUT2D eigenvalue weighted by atomic mass is 79.9. The van der Waals surface area contributed by atoms with Crippen LogP contribution in [0.2, 0.25) is 0 Å². The molecule has 1 aliphatic rings. The molecule has 0 saturated heterocycles. The monoisotopic (exact) mass is 339 g/mol. The summed E-state index contributed by atoms with van der Waals surface area (Å²) in [5.74, 6) is 0.561. The Bertz CT molecular complexity index is 803. The predicted octanol–water partition coefficient (Wildman–Crippen LogP) is 3.98. The van der Waals surface area contributed by atoms with Gasteiger partial charge in [0.2, 0.25) is 0 Å². The number of rotatable bonds is 1. The van der Waals surface area contributed by atoms with Crippen LogP contribution in [0.4, 0.5) is 0 Å². The van der Waals surface area contributed by atoms with E-state index in [2.05, 4.69) is 22.0 Å². The van der Waals surface area contributed by atoms with Crippen molar-refractivity contribution < 1.29 is 9.53 Å². The lowest BCUT2D eigenvalue weighted by molar-refractivity contribution is 0.100. The van der Waals surface area contributed by atoms with Crippen molar-refractivity contribution >= 4 is 27.8 Å². The molecule has 0 bridgehead atoms. The van der Waals surface area contributed by atoms with Crippen molar-refractivity contribution in [2.24, 2.45) is 0 Å². The Labute approximate surface area is 130 Å². The molecule has 0 unspecified atom stereocenters. The number of carbonyl (C=O) groups is 1. The van der Waals surface area contributed by atoms with Crippen LogP contribution in [0.25, 0.3) is 6.08 Å². The van der Waals surface area contributed by atoms with Crippen LogP contribution < -0.4 is 4.74 Å². The number of carbonyl (C=O) groups excluding carboxylic acids is 1. The zero-order valence-corrected chi connectivity index (χ0v) is 12.6. The minimum Gasteiger partial charge on any atom is -0.488 e. The van der Waals surface area contributed by atoms with Gasteiger partial charge in [-0.15, -0.1) is 0 Å². The van der Waals surface area contributed by atoms with Gasteiger partial charge in [0.15, 0.2) is 5.78 Å². The fourth-order valence-electron chi connectivity index (χ4n) is 2.21. The Morgan fingerprint density at radius 1 is 1.24 bits per heavy atom. The number of Topliss-reactive ketones (excluding diaryl/α,β-unsaturated/α-hetero) is 1. The molecule has 0 amide bonds. The van der Waals surface area contributed by atoms with E-state index in [4.69, 9.17) is 10.00 Å². The van der Waals surface area contributed by atoms with Crippen molar-refractivity contribution in [3.63, 3.8) is 0 Å². The van der Waals surface area contributed by atoms with Gasteiger partial charge in [-0.2, -0.15) is 5.26 Å². The number of benzene rings is 2. The molecule has 0 aliphatic carbocycles. The van der Waals surface area contributed by atoms with E-state index < -0.39 is 0 Å². The fourth-order valence-corrected chi connectivity index (χ4v) is 2.57. The third-order valence-corrected chi connectivity index (χ3v) is 3.71. The summed E-state index contributed by atoms with van der Waals surface area (Å²) in [6.07, 6.45) is 1.77. The molecular formula is C17H10BrNO2. The summed E-state index contributed by atoms with van der Waals surface area (Å²) < 4.78 is 6.45. The van der Waals surface area contributed by atoms with Crippen molar-refractivity contribution in [2.45, 2.75) is 0 Å². The normalized spacial score (nSPS) is 15.2. The fraction of sp³-hybridized carbons (Fsp3) is 0.0588. The van der Waals surface area contributed by atoms with E-state index in [1.807, 2.05) is 12.1 Å². The number of hydrogen-bond donors (Lipinski definition) is 0. The van der Waals surface area contributed by atoms with Crippen molar-refractivity contribution in [1.29, 1.82) is 5.26 Å². The summed E-state index contributed by atoms with van der Waals surface area (Å²) in [5, 5.41) is 8.91. The second-order valence-electron chi connectivity index (χ2n) is 4.67. The second kappa shape index (κ2) is 5.55. The minimum absolute atomic E-state index is 0.0417. The maximum Gasteiger partial charge on any atom is 0.196 e. The molecule has 0 fully saturated rings. The molecule has 0 aromatic heterocycles. The molecular weight excluding hydrogens is 330 g/mol. The molecule has 4 heteroatoms. The summed E-state index contributed by atoms with van der Waals surface area (Å²) in [4.78, 5) is 12.5. The number of halogens is 1. The first-order valence-corrected chi connectivity index (χ1v) is 7.14. The number of ether oxygens (including phenoxy) is 1. The van der Waals surface area contributed by atoms with Crippen LogP contribution in [0.15, 0.2) is 52.5 Å². The average Bonchev–Trinajstić information content (AvgIpc) is 2.51. The van der Waals surface area contributed by atoms with Crippen LogP contribution in [0.3, 0.4) is 0 Å². The van der Waals surface area contributed by atoms with Gasteiger partial charge in [-0.25, -0.2) is 0 Å². The predicted molar refractivity (Wildman–Crippen MR) is 83.1 cm³/mol. The third-order valence-electron chi connectivity index (χ3n) is 3.22. The highest BCUT2D eigenvalue weighted by molar-refractivity contribution is 9.10. The molecule has 102 valence electrons. The van der Waals surface area contributed by atoms with E-state index in [1.165, 1.54) is 0 Å². The first kappa shape index (κ1) is 13.6. The summed E-state index contributed by atoms with van der Waals surface area (Å²) in [7, 11) is 0. The highest BCUT2D eigenvalue weighted by Crippen LogP contribution is 2.30. The van der Waals surface area contributed by atoms with Gasteiger partial charge in [-0.1, -0.05) is 28.1 Å². The first-order chi connectivity index (χ1) is 10.2. The van der Waals surface area contributed by atoms with Crippen LogP contribution in [0.1, 0.15) is 21.5 Å². The molecule has 2 aromatic rings. The summed E-state index contributed by atoms with van der Waals surface area (Å²) in [6.45, 7) is 0.240. The zero-order chi connectivity index (χ0) is 14.8. The molecule has 1 heterocycles. The quantitative estimate of drug-likeness (QED) is 0.738. The summed E-state index contributed by atoms with van der Waals surface area (Å²) >= 11 is 3.36. The highest BCUT2D eigenvalue weighted by Gasteiger charge is 2.23. The van der Waals surface area contributed by atoms with Gasteiger partial charge in [-0.3, -0.25) is 4.79 Å². The first-order valence-electron chi connectivity index (χ1n) is 6.35. The molecule has 0 N–H and O–H groups in total. The van der Waals surface area contributed by atoms with Crippen LogP contribution in [-0.2, 0) is 0 Å². The Balaban J connectivity index is 1.99. The van der Waals surface area contributed by atoms with Gasteiger partial charge < -0.3 is 4.74 Å². The Morgan fingerprint density at radius 2 is 2.10 bits per heavy atom. The molecule has 21 heavy (non-hydrogen) atoms. The van der Waals surface area contributed by atoms with E-state index in [-0.39, 0.29) is 12.4 Å². The molecule has 2 aromatic carbocycles. The Morgan fingerprint density at radius 3 is 2.90 bits per heavy atom. The smallest absolute Gasteiger partial charge is 0.196 e. The lowest BCUT2D eigenvalue weighted by Crippen LogP contribution is -2.19. The van der Waals surface area contributed by atoms with Gasteiger partial charge in [0.05, 0.1) is 17.2 Å².